The van der Waals surface area contributed by atoms with E-state index in [1.165, 1.54) is 43.2 Å². The first-order valence-electron chi connectivity index (χ1n) is 10.3. The molecule has 1 saturated carbocycles. The Morgan fingerprint density at radius 3 is 1.85 bits per heavy atom. The van der Waals surface area contributed by atoms with Crippen LogP contribution in [0.3, 0.4) is 0 Å². The molecule has 1 unspecified atom stereocenters. The predicted octanol–water partition coefficient (Wildman–Crippen LogP) is 7.13. The molecule has 0 nitrogen and oxygen atoms in total. The first-order chi connectivity index (χ1) is 12.8. The Hall–Kier alpha value is -2.08. The van der Waals surface area contributed by atoms with E-state index in [2.05, 4.69) is 79.8 Å². The van der Waals surface area contributed by atoms with Crippen LogP contribution in [0.2, 0.25) is 0 Å². The second kappa shape index (κ2) is 6.27. The van der Waals surface area contributed by atoms with E-state index < -0.39 is 0 Å². The summed E-state index contributed by atoms with van der Waals surface area (Å²) in [5, 5.41) is 0. The Labute approximate surface area is 157 Å². The molecular formula is C26H28. The van der Waals surface area contributed by atoms with E-state index in [0.29, 0.717) is 11.8 Å². The fourth-order valence-corrected chi connectivity index (χ4v) is 6.10. The summed E-state index contributed by atoms with van der Waals surface area (Å²) >= 11 is 0. The van der Waals surface area contributed by atoms with E-state index in [4.69, 9.17) is 0 Å². The molecule has 0 saturated heterocycles. The van der Waals surface area contributed by atoms with Crippen LogP contribution in [-0.2, 0) is 0 Å². The summed E-state index contributed by atoms with van der Waals surface area (Å²) in [6.45, 7) is 2.59. The van der Waals surface area contributed by atoms with Crippen molar-refractivity contribution in [2.24, 2.45) is 17.3 Å². The van der Waals surface area contributed by atoms with Gasteiger partial charge in [-0.1, -0.05) is 99.0 Å². The molecule has 0 aromatic heterocycles. The maximum absolute atomic E-state index is 2.59. The van der Waals surface area contributed by atoms with E-state index in [9.17, 15) is 0 Å². The Morgan fingerprint density at radius 2 is 1.27 bits per heavy atom. The van der Waals surface area contributed by atoms with Gasteiger partial charge in [0.2, 0.25) is 0 Å². The maximum atomic E-state index is 2.59. The first kappa shape index (κ1) is 16.1. The van der Waals surface area contributed by atoms with E-state index in [-0.39, 0.29) is 5.41 Å². The van der Waals surface area contributed by atoms with Gasteiger partial charge in [0.25, 0.3) is 0 Å². The van der Waals surface area contributed by atoms with Gasteiger partial charge in [0.15, 0.2) is 0 Å². The van der Waals surface area contributed by atoms with Crippen LogP contribution < -0.4 is 0 Å². The van der Waals surface area contributed by atoms with E-state index >= 15 is 0 Å². The molecule has 3 aliphatic rings. The molecule has 2 aromatic carbocycles. The zero-order valence-electron chi connectivity index (χ0n) is 15.7. The molecule has 0 radical (unpaired) electrons. The molecule has 1 atom stereocenters. The third kappa shape index (κ3) is 2.28. The van der Waals surface area contributed by atoms with Crippen LogP contribution in [0.5, 0.6) is 0 Å². The number of fused-ring (bicyclic) bond motifs is 3. The average molecular weight is 341 g/mol. The minimum atomic E-state index is 0.243. The highest BCUT2D eigenvalue weighted by Crippen LogP contribution is 2.61. The fraction of sp³-hybridized carbons (Fsp3) is 0.385. The quantitative estimate of drug-likeness (QED) is 0.557. The molecular weight excluding hydrogens is 312 g/mol. The molecule has 0 heteroatoms. The zero-order chi connectivity index (χ0) is 17.6. The van der Waals surface area contributed by atoms with Crippen molar-refractivity contribution >= 4 is 0 Å². The van der Waals surface area contributed by atoms with Gasteiger partial charge < -0.3 is 0 Å². The Bertz CT molecular complexity index is 808. The zero-order valence-corrected chi connectivity index (χ0v) is 15.7. The molecule has 0 spiro atoms. The molecule has 5 rings (SSSR count). The highest BCUT2D eigenvalue weighted by molar-refractivity contribution is 5.79. The highest BCUT2D eigenvalue weighted by Gasteiger charge is 2.50. The minimum Gasteiger partial charge on any atom is -0.0770 e. The summed E-state index contributed by atoms with van der Waals surface area (Å²) < 4.78 is 0. The number of hydrogen-bond acceptors (Lipinski definition) is 0. The van der Waals surface area contributed by atoms with Crippen molar-refractivity contribution in [3.63, 3.8) is 0 Å². The fourth-order valence-electron chi connectivity index (χ4n) is 6.10. The van der Waals surface area contributed by atoms with Crippen molar-refractivity contribution in [2.75, 3.05) is 0 Å². The van der Waals surface area contributed by atoms with Crippen molar-refractivity contribution in [3.8, 4) is 11.1 Å². The molecule has 3 aliphatic carbocycles. The van der Waals surface area contributed by atoms with Gasteiger partial charge in [-0.2, -0.15) is 0 Å². The van der Waals surface area contributed by atoms with Crippen LogP contribution in [-0.4, -0.2) is 0 Å². The molecule has 0 aliphatic heterocycles. The number of rotatable bonds is 3. The van der Waals surface area contributed by atoms with Crippen molar-refractivity contribution in [3.05, 3.63) is 84.0 Å². The van der Waals surface area contributed by atoms with E-state index in [1.54, 1.807) is 11.1 Å². The van der Waals surface area contributed by atoms with Crippen LogP contribution >= 0.6 is 0 Å². The van der Waals surface area contributed by atoms with Gasteiger partial charge in [-0.15, -0.1) is 0 Å². The third-order valence-corrected chi connectivity index (χ3v) is 7.41. The summed E-state index contributed by atoms with van der Waals surface area (Å²) in [5.74, 6) is 1.82. The second-order valence-corrected chi connectivity index (χ2v) is 8.60. The molecule has 132 valence electrons. The monoisotopic (exact) mass is 340 g/mol. The highest BCUT2D eigenvalue weighted by atomic mass is 14.5. The largest absolute Gasteiger partial charge is 0.0770 e. The predicted molar refractivity (Wildman–Crippen MR) is 110 cm³/mol. The van der Waals surface area contributed by atoms with Crippen LogP contribution in [0.15, 0.2) is 72.8 Å². The topological polar surface area (TPSA) is 0 Å². The van der Waals surface area contributed by atoms with Gasteiger partial charge in [0.05, 0.1) is 0 Å². The third-order valence-electron chi connectivity index (χ3n) is 7.41. The van der Waals surface area contributed by atoms with Crippen molar-refractivity contribution in [1.29, 1.82) is 0 Å². The van der Waals surface area contributed by atoms with Gasteiger partial charge in [0.1, 0.15) is 0 Å². The molecule has 0 amide bonds. The molecule has 0 N–H and O–H groups in total. The number of allylic oxidation sites excluding steroid dienone is 4. The summed E-state index contributed by atoms with van der Waals surface area (Å²) in [7, 11) is 0. The first-order valence-corrected chi connectivity index (χ1v) is 10.3. The average Bonchev–Trinajstić information content (AvgIpc) is 3.35. The van der Waals surface area contributed by atoms with Gasteiger partial charge in [-0.25, -0.2) is 0 Å². The summed E-state index contributed by atoms with van der Waals surface area (Å²) in [6.07, 6.45) is 16.4. The SMILES string of the molecule is CC(C1C=CC=C1)(C1CCCCC1)C1c2ccccc2-c2ccccc21. The second-order valence-electron chi connectivity index (χ2n) is 8.60. The molecule has 26 heavy (non-hydrogen) atoms. The summed E-state index contributed by atoms with van der Waals surface area (Å²) in [5.41, 5.74) is 6.26. The van der Waals surface area contributed by atoms with E-state index in [1.807, 2.05) is 0 Å². The number of hydrogen-bond donors (Lipinski definition) is 0. The maximum Gasteiger partial charge on any atom is 0.0167 e. The van der Waals surface area contributed by atoms with Crippen LogP contribution in [0.4, 0.5) is 0 Å². The van der Waals surface area contributed by atoms with Crippen LogP contribution in [0, 0.1) is 17.3 Å². The molecule has 1 fully saturated rings. The molecule has 0 heterocycles. The van der Waals surface area contributed by atoms with Crippen molar-refractivity contribution < 1.29 is 0 Å². The lowest BCUT2D eigenvalue weighted by Crippen LogP contribution is -2.40. The Morgan fingerprint density at radius 1 is 0.731 bits per heavy atom. The standard InChI is InChI=1S/C26H28/c1-26(20-13-5-6-14-20,19-11-3-2-4-12-19)25-23-17-9-7-15-21(23)22-16-8-10-18-24(22)25/h5-10,13-20,25H,2-4,11-12H2,1H3. The lowest BCUT2D eigenvalue weighted by atomic mass is 9.55. The Kier molecular flexibility index (Phi) is 3.89. The van der Waals surface area contributed by atoms with Crippen LogP contribution in [0.1, 0.15) is 56.1 Å². The van der Waals surface area contributed by atoms with E-state index in [0.717, 1.165) is 5.92 Å². The van der Waals surface area contributed by atoms with Gasteiger partial charge >= 0.3 is 0 Å². The lowest BCUT2D eigenvalue weighted by molar-refractivity contribution is 0.0883. The molecule has 0 bridgehead atoms. The number of benzene rings is 2. The minimum absolute atomic E-state index is 0.243. The lowest BCUT2D eigenvalue weighted by Gasteiger charge is -2.48. The van der Waals surface area contributed by atoms with Gasteiger partial charge in [-0.3, -0.25) is 0 Å². The van der Waals surface area contributed by atoms with Gasteiger partial charge in [0, 0.05) is 11.8 Å². The normalized spacial score (nSPS) is 22.3. The summed E-state index contributed by atoms with van der Waals surface area (Å²) in [4.78, 5) is 0. The van der Waals surface area contributed by atoms with Crippen molar-refractivity contribution in [1.82, 2.24) is 0 Å². The Balaban J connectivity index is 1.71. The smallest absolute Gasteiger partial charge is 0.0167 e. The van der Waals surface area contributed by atoms with Gasteiger partial charge in [-0.05, 0) is 46.4 Å². The van der Waals surface area contributed by atoms with Crippen LogP contribution in [0.25, 0.3) is 11.1 Å². The van der Waals surface area contributed by atoms with Crippen molar-refractivity contribution in [2.45, 2.75) is 44.9 Å². The molecule has 2 aromatic rings. The summed E-state index contributed by atoms with van der Waals surface area (Å²) in [6, 6.07) is 18.3.